The fourth-order valence-corrected chi connectivity index (χ4v) is 3.27. The molecule has 1 amide bonds. The number of rotatable bonds is 4. The highest BCUT2D eigenvalue weighted by atomic mass is 19.4. The molecule has 0 aromatic carbocycles. The van der Waals surface area contributed by atoms with E-state index in [1.165, 1.54) is 0 Å². The van der Waals surface area contributed by atoms with Crippen LogP contribution in [0.4, 0.5) is 35.4 Å². The van der Waals surface area contributed by atoms with Crippen molar-refractivity contribution in [2.24, 2.45) is 0 Å². The second kappa shape index (κ2) is 8.10. The maximum absolute atomic E-state index is 13.3. The van der Waals surface area contributed by atoms with Crippen molar-refractivity contribution < 1.29 is 22.7 Å². The molecule has 32 heavy (non-hydrogen) atoms. The first kappa shape index (κ1) is 22.1. The summed E-state index contributed by atoms with van der Waals surface area (Å²) in [6.07, 6.45) is -0.376. The van der Waals surface area contributed by atoms with E-state index in [1.807, 2.05) is 26.8 Å². The standard InChI is InChI=1S/C21H25F3N6O2/c1-20(2,3)32-19(31)30-7-6-12-8-14(9-25-16(12)11-30)28-18-26-10-15(21(22,23)24)17(29-18)27-13-4-5-13/h8-10,13H,4-7,11H2,1-3H3,(H2,26,27,28,29). The van der Waals surface area contributed by atoms with E-state index >= 15 is 0 Å². The largest absolute Gasteiger partial charge is 0.444 e. The zero-order valence-electron chi connectivity index (χ0n) is 18.1. The first-order chi connectivity index (χ1) is 15.0. The number of pyridine rings is 1. The van der Waals surface area contributed by atoms with Gasteiger partial charge in [0.15, 0.2) is 0 Å². The van der Waals surface area contributed by atoms with Crippen LogP contribution in [0.3, 0.4) is 0 Å². The van der Waals surface area contributed by atoms with Crippen molar-refractivity contribution in [2.45, 2.75) is 64.4 Å². The van der Waals surface area contributed by atoms with Crippen molar-refractivity contribution in [1.82, 2.24) is 19.9 Å². The molecule has 0 saturated heterocycles. The van der Waals surface area contributed by atoms with Crippen LogP contribution < -0.4 is 10.6 Å². The summed E-state index contributed by atoms with van der Waals surface area (Å²) in [5.74, 6) is -0.175. The lowest BCUT2D eigenvalue weighted by atomic mass is 10.1. The van der Waals surface area contributed by atoms with Crippen molar-refractivity contribution in [3.63, 3.8) is 0 Å². The zero-order chi connectivity index (χ0) is 23.1. The van der Waals surface area contributed by atoms with E-state index in [4.69, 9.17) is 4.74 Å². The van der Waals surface area contributed by atoms with Gasteiger partial charge in [-0.15, -0.1) is 0 Å². The number of hydrogen-bond acceptors (Lipinski definition) is 7. The van der Waals surface area contributed by atoms with E-state index in [2.05, 4.69) is 25.6 Å². The van der Waals surface area contributed by atoms with Crippen molar-refractivity contribution in [3.8, 4) is 0 Å². The number of fused-ring (bicyclic) bond motifs is 1. The van der Waals surface area contributed by atoms with Gasteiger partial charge in [0.1, 0.15) is 17.0 Å². The van der Waals surface area contributed by atoms with Crippen LogP contribution in [0.15, 0.2) is 18.5 Å². The summed E-state index contributed by atoms with van der Waals surface area (Å²) in [4.78, 5) is 26.2. The monoisotopic (exact) mass is 450 g/mol. The van der Waals surface area contributed by atoms with E-state index in [0.717, 1.165) is 30.3 Å². The Morgan fingerprint density at radius 2 is 1.94 bits per heavy atom. The summed E-state index contributed by atoms with van der Waals surface area (Å²) < 4.78 is 45.2. The molecule has 2 aromatic rings. The average molecular weight is 450 g/mol. The minimum atomic E-state index is -4.54. The van der Waals surface area contributed by atoms with Gasteiger partial charge < -0.3 is 20.3 Å². The predicted octanol–water partition coefficient (Wildman–Crippen LogP) is 4.50. The van der Waals surface area contributed by atoms with Crippen LogP contribution in [0, 0.1) is 0 Å². The summed E-state index contributed by atoms with van der Waals surface area (Å²) in [7, 11) is 0. The Morgan fingerprint density at radius 1 is 1.19 bits per heavy atom. The first-order valence-electron chi connectivity index (χ1n) is 10.4. The van der Waals surface area contributed by atoms with E-state index < -0.39 is 17.3 Å². The molecule has 8 nitrogen and oxygen atoms in total. The highest BCUT2D eigenvalue weighted by Gasteiger charge is 2.37. The molecule has 1 aliphatic carbocycles. The molecule has 1 saturated carbocycles. The lowest BCUT2D eigenvalue weighted by molar-refractivity contribution is -0.137. The quantitative estimate of drug-likeness (QED) is 0.709. The third kappa shape index (κ3) is 5.38. The lowest BCUT2D eigenvalue weighted by Gasteiger charge is -2.30. The molecule has 1 aliphatic heterocycles. The van der Waals surface area contributed by atoms with Gasteiger partial charge in [-0.1, -0.05) is 0 Å². The van der Waals surface area contributed by atoms with Gasteiger partial charge in [-0.05, 0) is 51.7 Å². The van der Waals surface area contributed by atoms with Crippen LogP contribution in [-0.4, -0.2) is 44.1 Å². The Bertz CT molecular complexity index is 1020. The second-order valence-corrected chi connectivity index (χ2v) is 8.98. The molecule has 0 bridgehead atoms. The normalized spacial score (nSPS) is 16.4. The Labute approximate surface area is 183 Å². The van der Waals surface area contributed by atoms with Crippen LogP contribution in [0.5, 0.6) is 0 Å². The van der Waals surface area contributed by atoms with E-state index in [1.54, 1.807) is 11.1 Å². The number of nitrogens with zero attached hydrogens (tertiary/aromatic N) is 4. The number of amides is 1. The van der Waals surface area contributed by atoms with Crippen LogP contribution in [-0.2, 0) is 23.9 Å². The number of carbonyl (C=O) groups is 1. The maximum Gasteiger partial charge on any atom is 0.421 e. The Morgan fingerprint density at radius 3 is 2.59 bits per heavy atom. The number of halogens is 3. The van der Waals surface area contributed by atoms with E-state index in [0.29, 0.717) is 25.2 Å². The molecular formula is C21H25F3N6O2. The van der Waals surface area contributed by atoms with Crippen LogP contribution in [0.2, 0.25) is 0 Å². The van der Waals surface area contributed by atoms with Crippen molar-refractivity contribution in [1.29, 1.82) is 0 Å². The summed E-state index contributed by atoms with van der Waals surface area (Å²) in [5, 5.41) is 5.76. The number of anilines is 3. The van der Waals surface area contributed by atoms with E-state index in [-0.39, 0.29) is 23.9 Å². The highest BCUT2D eigenvalue weighted by Crippen LogP contribution is 2.36. The zero-order valence-corrected chi connectivity index (χ0v) is 18.1. The Kier molecular flexibility index (Phi) is 5.59. The van der Waals surface area contributed by atoms with Gasteiger partial charge >= 0.3 is 12.3 Å². The topological polar surface area (TPSA) is 92.3 Å². The number of ether oxygens (including phenoxy) is 1. The molecule has 0 spiro atoms. The molecule has 172 valence electrons. The minimum absolute atomic E-state index is 0.0113. The number of alkyl halides is 3. The fourth-order valence-electron chi connectivity index (χ4n) is 3.27. The molecule has 2 aliphatic rings. The van der Waals surface area contributed by atoms with Gasteiger partial charge in [-0.25, -0.2) is 9.78 Å². The molecule has 0 radical (unpaired) electrons. The van der Waals surface area contributed by atoms with Gasteiger partial charge in [0.2, 0.25) is 5.95 Å². The van der Waals surface area contributed by atoms with Crippen molar-refractivity contribution in [3.05, 3.63) is 35.3 Å². The molecule has 0 atom stereocenters. The van der Waals surface area contributed by atoms with Gasteiger partial charge in [-0.2, -0.15) is 18.2 Å². The number of hydrogen-bond donors (Lipinski definition) is 2. The number of aromatic nitrogens is 3. The summed E-state index contributed by atoms with van der Waals surface area (Å²) >= 11 is 0. The number of carbonyl (C=O) groups excluding carboxylic acids is 1. The van der Waals surface area contributed by atoms with Crippen molar-refractivity contribution in [2.75, 3.05) is 17.2 Å². The van der Waals surface area contributed by atoms with Gasteiger partial charge in [-0.3, -0.25) is 4.98 Å². The second-order valence-electron chi connectivity index (χ2n) is 8.98. The summed E-state index contributed by atoms with van der Waals surface area (Å²) in [5.41, 5.74) is 0.787. The van der Waals surface area contributed by atoms with Gasteiger partial charge in [0, 0.05) is 18.8 Å². The third-order valence-electron chi connectivity index (χ3n) is 4.97. The Balaban J connectivity index is 1.48. The van der Waals surface area contributed by atoms with Crippen LogP contribution >= 0.6 is 0 Å². The molecule has 4 rings (SSSR count). The molecule has 0 unspecified atom stereocenters. The highest BCUT2D eigenvalue weighted by molar-refractivity contribution is 5.68. The minimum Gasteiger partial charge on any atom is -0.444 e. The van der Waals surface area contributed by atoms with Crippen LogP contribution in [0.1, 0.15) is 50.4 Å². The Hall–Kier alpha value is -3.11. The lowest BCUT2D eigenvalue weighted by Crippen LogP contribution is -2.40. The van der Waals surface area contributed by atoms with Gasteiger partial charge in [0.25, 0.3) is 0 Å². The SMILES string of the molecule is CC(C)(C)OC(=O)N1CCc2cc(Nc3ncc(C(F)(F)F)c(NC4CC4)n3)cnc2C1. The van der Waals surface area contributed by atoms with Crippen LogP contribution in [0.25, 0.3) is 0 Å². The predicted molar refractivity (Wildman–Crippen MR) is 112 cm³/mol. The molecule has 3 heterocycles. The molecule has 11 heteroatoms. The smallest absolute Gasteiger partial charge is 0.421 e. The molecule has 2 aromatic heterocycles. The maximum atomic E-state index is 13.3. The molecular weight excluding hydrogens is 425 g/mol. The molecule has 1 fully saturated rings. The van der Waals surface area contributed by atoms with Gasteiger partial charge in [0.05, 0.1) is 24.1 Å². The first-order valence-corrected chi connectivity index (χ1v) is 10.4. The summed E-state index contributed by atoms with van der Waals surface area (Å²) in [6, 6.07) is 1.86. The van der Waals surface area contributed by atoms with E-state index in [9.17, 15) is 18.0 Å². The van der Waals surface area contributed by atoms with Crippen molar-refractivity contribution >= 4 is 23.5 Å². The average Bonchev–Trinajstić information content (AvgIpc) is 3.49. The molecule has 2 N–H and O–H groups in total. The number of nitrogens with one attached hydrogen (secondary N) is 2. The third-order valence-corrected chi connectivity index (χ3v) is 4.97. The summed E-state index contributed by atoms with van der Waals surface area (Å²) in [6.45, 7) is 6.26. The fraction of sp³-hybridized carbons (Fsp3) is 0.524.